The highest BCUT2D eigenvalue weighted by molar-refractivity contribution is 5.66. The second-order valence-electron chi connectivity index (χ2n) is 15.0. The Bertz CT molecular complexity index is 1100. The van der Waals surface area contributed by atoms with Crippen LogP contribution in [-0.2, 0) is 14.3 Å². The van der Waals surface area contributed by atoms with E-state index in [2.05, 4.69) is 64.1 Å². The summed E-state index contributed by atoms with van der Waals surface area (Å²) in [7, 11) is 0. The summed E-state index contributed by atoms with van der Waals surface area (Å²) >= 11 is 0. The van der Waals surface area contributed by atoms with Crippen molar-refractivity contribution in [2.45, 2.75) is 111 Å². The second kappa shape index (κ2) is 10.9. The first-order valence-electron chi connectivity index (χ1n) is 16.3. The van der Waals surface area contributed by atoms with Gasteiger partial charge in [0.1, 0.15) is 6.10 Å². The lowest BCUT2D eigenvalue weighted by molar-refractivity contribution is -0.160. The van der Waals surface area contributed by atoms with E-state index >= 15 is 0 Å². The van der Waals surface area contributed by atoms with Gasteiger partial charge in [0, 0.05) is 13.5 Å². The molecule has 0 bridgehead atoms. The zero-order valence-corrected chi connectivity index (χ0v) is 25.5. The van der Waals surface area contributed by atoms with Crippen molar-refractivity contribution in [3.05, 3.63) is 41.5 Å². The molecule has 220 valence electrons. The minimum atomic E-state index is -0.117. The molecule has 4 nitrogen and oxygen atoms in total. The number of aliphatic hydroxyl groups excluding tert-OH is 1. The van der Waals surface area contributed by atoms with Gasteiger partial charge < -0.3 is 14.6 Å². The van der Waals surface area contributed by atoms with Gasteiger partial charge in [-0.05, 0) is 121 Å². The Morgan fingerprint density at radius 2 is 1.82 bits per heavy atom. The van der Waals surface area contributed by atoms with E-state index in [1.54, 1.807) is 6.92 Å². The molecule has 1 heterocycles. The molecule has 1 aliphatic heterocycles. The minimum absolute atomic E-state index is 0.117. The van der Waals surface area contributed by atoms with Crippen LogP contribution in [0, 0.1) is 52.3 Å². The van der Waals surface area contributed by atoms with Gasteiger partial charge in [0.2, 0.25) is 0 Å². The first kappa shape index (κ1) is 28.5. The zero-order valence-electron chi connectivity index (χ0n) is 25.5. The molecular weight excluding hydrogens is 496 g/mol. The molecule has 5 aliphatic rings. The standard InChI is InChI=1S/C36H52O4/c1-22(21-37)17-26(18-25-9-7-6-8-10-25)34-23(2)33-32(40-34)20-31-29-12-11-27-19-28(39-24(3)38)13-15-35(27,4)30(29)14-16-36(31,33)5/h6-10,18,22-23,27-34,37H,11-17,19-21H2,1-5H3/b26-18+/t22-,23-,27-,28-,29+,30-,31-,32-,33-,34-,35-,36-/m0/s1. The van der Waals surface area contributed by atoms with Crippen molar-refractivity contribution in [1.29, 1.82) is 0 Å². The van der Waals surface area contributed by atoms with E-state index in [0.717, 1.165) is 37.0 Å². The number of benzene rings is 1. The molecule has 1 aromatic carbocycles. The van der Waals surface area contributed by atoms with Crippen LogP contribution in [0.5, 0.6) is 0 Å². The highest BCUT2D eigenvalue weighted by atomic mass is 16.5. The number of ether oxygens (including phenoxy) is 2. The summed E-state index contributed by atoms with van der Waals surface area (Å²) in [5.74, 6) is 4.26. The van der Waals surface area contributed by atoms with Gasteiger partial charge in [0.05, 0.1) is 12.2 Å². The van der Waals surface area contributed by atoms with Crippen molar-refractivity contribution in [2.75, 3.05) is 6.61 Å². The summed E-state index contributed by atoms with van der Waals surface area (Å²) in [6, 6.07) is 10.6. The average molecular weight is 549 g/mol. The number of aliphatic hydroxyl groups is 1. The number of carbonyl (C=O) groups is 1. The van der Waals surface area contributed by atoms with E-state index in [9.17, 15) is 9.90 Å². The molecule has 0 radical (unpaired) electrons. The van der Waals surface area contributed by atoms with Crippen LogP contribution in [0.2, 0.25) is 0 Å². The van der Waals surface area contributed by atoms with Gasteiger partial charge in [0.25, 0.3) is 0 Å². The van der Waals surface area contributed by atoms with Crippen LogP contribution < -0.4 is 0 Å². The molecule has 4 saturated carbocycles. The third-order valence-electron chi connectivity index (χ3n) is 12.8. The number of carbonyl (C=O) groups excluding carboxylic acids is 1. The van der Waals surface area contributed by atoms with Crippen molar-refractivity contribution < 1.29 is 19.4 Å². The van der Waals surface area contributed by atoms with Crippen LogP contribution in [0.15, 0.2) is 35.9 Å². The van der Waals surface area contributed by atoms with Crippen LogP contribution in [-0.4, -0.2) is 36.0 Å². The number of fused-ring (bicyclic) bond motifs is 7. The van der Waals surface area contributed by atoms with Gasteiger partial charge in [-0.3, -0.25) is 4.79 Å². The van der Waals surface area contributed by atoms with Crippen LogP contribution in [0.1, 0.15) is 98.0 Å². The number of esters is 1. The molecule has 1 saturated heterocycles. The topological polar surface area (TPSA) is 55.8 Å². The van der Waals surface area contributed by atoms with Gasteiger partial charge in [0.15, 0.2) is 0 Å². The van der Waals surface area contributed by atoms with E-state index in [-0.39, 0.29) is 30.7 Å². The van der Waals surface area contributed by atoms with Gasteiger partial charge in [-0.1, -0.05) is 64.1 Å². The Labute approximate surface area is 242 Å². The van der Waals surface area contributed by atoms with E-state index in [1.807, 2.05) is 0 Å². The molecule has 0 spiro atoms. The fourth-order valence-electron chi connectivity index (χ4n) is 11.1. The number of hydrogen-bond donors (Lipinski definition) is 1. The molecule has 1 N–H and O–H groups in total. The van der Waals surface area contributed by atoms with Crippen LogP contribution in [0.25, 0.3) is 6.08 Å². The molecule has 0 unspecified atom stereocenters. The largest absolute Gasteiger partial charge is 0.463 e. The molecular formula is C36H52O4. The summed E-state index contributed by atoms with van der Waals surface area (Å²) in [6.07, 6.45) is 13.7. The fourth-order valence-corrected chi connectivity index (χ4v) is 11.1. The molecule has 0 amide bonds. The maximum absolute atomic E-state index is 11.6. The lowest BCUT2D eigenvalue weighted by Crippen LogP contribution is -2.54. The van der Waals surface area contributed by atoms with Crippen molar-refractivity contribution in [1.82, 2.24) is 0 Å². The smallest absolute Gasteiger partial charge is 0.302 e. The molecule has 0 aromatic heterocycles. The Morgan fingerprint density at radius 1 is 1.07 bits per heavy atom. The number of rotatable bonds is 6. The molecule has 12 atom stereocenters. The number of hydrogen-bond acceptors (Lipinski definition) is 4. The fraction of sp³-hybridized carbons (Fsp3) is 0.750. The predicted octanol–water partition coefficient (Wildman–Crippen LogP) is 7.69. The highest BCUT2D eigenvalue weighted by Crippen LogP contribution is 2.70. The molecule has 40 heavy (non-hydrogen) atoms. The van der Waals surface area contributed by atoms with Crippen molar-refractivity contribution in [2.24, 2.45) is 52.3 Å². The quantitative estimate of drug-likeness (QED) is 0.370. The molecule has 4 aliphatic carbocycles. The average Bonchev–Trinajstić information content (AvgIpc) is 3.42. The van der Waals surface area contributed by atoms with Crippen LogP contribution >= 0.6 is 0 Å². The Kier molecular flexibility index (Phi) is 7.74. The zero-order chi connectivity index (χ0) is 28.2. The van der Waals surface area contributed by atoms with E-state index in [1.165, 1.54) is 49.7 Å². The summed E-state index contributed by atoms with van der Waals surface area (Å²) < 4.78 is 12.8. The third kappa shape index (κ3) is 4.79. The van der Waals surface area contributed by atoms with Crippen LogP contribution in [0.3, 0.4) is 0 Å². The van der Waals surface area contributed by atoms with E-state index in [4.69, 9.17) is 9.47 Å². The van der Waals surface area contributed by atoms with Crippen molar-refractivity contribution in [3.63, 3.8) is 0 Å². The van der Waals surface area contributed by atoms with Gasteiger partial charge >= 0.3 is 5.97 Å². The molecule has 4 heteroatoms. The summed E-state index contributed by atoms with van der Waals surface area (Å²) in [5, 5.41) is 9.89. The Balaban J connectivity index is 1.21. The second-order valence-corrected chi connectivity index (χ2v) is 15.0. The summed E-state index contributed by atoms with van der Waals surface area (Å²) in [4.78, 5) is 11.6. The normalized spacial score (nSPS) is 45.1. The monoisotopic (exact) mass is 548 g/mol. The van der Waals surface area contributed by atoms with Crippen LogP contribution in [0.4, 0.5) is 0 Å². The Morgan fingerprint density at radius 3 is 2.55 bits per heavy atom. The first-order chi connectivity index (χ1) is 19.1. The van der Waals surface area contributed by atoms with Gasteiger partial charge in [-0.2, -0.15) is 0 Å². The lowest BCUT2D eigenvalue weighted by Gasteiger charge is -2.61. The predicted molar refractivity (Wildman–Crippen MR) is 159 cm³/mol. The SMILES string of the molecule is CC(=O)O[C@H]1CC[C@@]2(C)[C@@H](CC[C@@H]3[C@@H]2CC[C@]2(C)[C@H]4[C@H](C)[C@@H](/C(=C/c5ccccc5)C[C@H](C)CO)O[C@H]4C[C@@H]32)C1. The third-order valence-corrected chi connectivity index (χ3v) is 12.8. The highest BCUT2D eigenvalue weighted by Gasteiger charge is 2.66. The van der Waals surface area contributed by atoms with Gasteiger partial charge in [-0.15, -0.1) is 0 Å². The summed E-state index contributed by atoms with van der Waals surface area (Å²) in [6.45, 7) is 11.6. The maximum Gasteiger partial charge on any atom is 0.302 e. The molecule has 1 aromatic rings. The van der Waals surface area contributed by atoms with Gasteiger partial charge in [-0.25, -0.2) is 0 Å². The van der Waals surface area contributed by atoms with E-state index < -0.39 is 0 Å². The van der Waals surface area contributed by atoms with Crippen molar-refractivity contribution in [3.8, 4) is 0 Å². The molecule has 5 fully saturated rings. The maximum atomic E-state index is 11.6. The lowest BCUT2D eigenvalue weighted by atomic mass is 9.44. The Hall–Kier alpha value is -1.65. The van der Waals surface area contributed by atoms with Crippen molar-refractivity contribution >= 4 is 12.0 Å². The summed E-state index contributed by atoms with van der Waals surface area (Å²) in [5.41, 5.74) is 3.33. The molecule has 6 rings (SSSR count). The van der Waals surface area contributed by atoms with E-state index in [0.29, 0.717) is 34.7 Å². The first-order valence-corrected chi connectivity index (χ1v) is 16.3. The minimum Gasteiger partial charge on any atom is -0.463 e.